The third-order valence-corrected chi connectivity index (χ3v) is 13.3. The van der Waals surface area contributed by atoms with Gasteiger partial charge in [0.1, 0.15) is 54.4 Å². The molecule has 0 fully saturated rings. The lowest BCUT2D eigenvalue weighted by molar-refractivity contribution is -0.143. The summed E-state index contributed by atoms with van der Waals surface area (Å²) in [4.78, 5) is 195. The molecule has 10 atom stereocenters. The molecule has 0 aliphatic heterocycles. The van der Waals surface area contributed by atoms with Gasteiger partial charge in [-0.3, -0.25) is 67.1 Å². The van der Waals surface area contributed by atoms with Gasteiger partial charge in [0.05, 0.1) is 25.4 Å². The van der Waals surface area contributed by atoms with E-state index in [1.54, 1.807) is 58.0 Å². The number of carbonyl (C=O) groups is 15. The number of hydrogen-bond acceptors (Lipinski definition) is 18. The first kappa shape index (κ1) is 78.2. The van der Waals surface area contributed by atoms with Crippen molar-refractivity contribution >= 4 is 88.7 Å². The molecule has 24 N–H and O–H groups in total. The van der Waals surface area contributed by atoms with Gasteiger partial charge in [0.25, 0.3) is 0 Å². The van der Waals surface area contributed by atoms with Gasteiger partial charge in [-0.1, -0.05) is 58.0 Å². The quantitative estimate of drug-likeness (QED) is 0.0271. The number of unbranched alkanes of at least 4 members (excludes halogenated alkanes) is 2. The van der Waals surface area contributed by atoms with Gasteiger partial charge in [-0.15, -0.1) is 0 Å². The zero-order chi connectivity index (χ0) is 67.5. The first-order valence-electron chi connectivity index (χ1n) is 29.3. The summed E-state index contributed by atoms with van der Waals surface area (Å²) in [5.41, 5.74) is 33.4. The number of aliphatic carboxylic acids is 2. The molecular weight excluding hydrogens is 1170 g/mol. The molecule has 1 aromatic rings. The first-order valence-corrected chi connectivity index (χ1v) is 29.3. The predicted octanol–water partition coefficient (Wildman–Crippen LogP) is -5.63. The van der Waals surface area contributed by atoms with Crippen molar-refractivity contribution in [2.75, 3.05) is 19.6 Å². The third kappa shape index (κ3) is 32.6. The van der Waals surface area contributed by atoms with E-state index in [0.717, 1.165) is 0 Å². The molecule has 0 heterocycles. The number of primary amides is 3. The number of hydrogen-bond donors (Lipinski definition) is 18. The Balaban J connectivity index is 3.38. The summed E-state index contributed by atoms with van der Waals surface area (Å²) >= 11 is 0. The lowest BCUT2D eigenvalue weighted by atomic mass is 9.99. The van der Waals surface area contributed by atoms with Crippen molar-refractivity contribution in [3.05, 3.63) is 35.9 Å². The predicted molar refractivity (Wildman–Crippen MR) is 319 cm³/mol. The highest BCUT2D eigenvalue weighted by Crippen LogP contribution is 2.13. The van der Waals surface area contributed by atoms with Crippen molar-refractivity contribution < 1.29 is 82.1 Å². The minimum atomic E-state index is -1.80. The molecule has 0 aliphatic carbocycles. The summed E-state index contributed by atoms with van der Waals surface area (Å²) in [6, 6.07) is -6.45. The molecule has 1 rings (SSSR count). The number of carboxylic acids is 2. The van der Waals surface area contributed by atoms with E-state index >= 15 is 0 Å². The van der Waals surface area contributed by atoms with E-state index in [2.05, 4.69) is 53.2 Å². The Morgan fingerprint density at radius 3 is 1.30 bits per heavy atom. The number of nitrogens with two attached hydrogens (primary N) is 6. The van der Waals surface area contributed by atoms with Crippen LogP contribution in [-0.4, -0.2) is 179 Å². The lowest BCUT2D eigenvalue weighted by Crippen LogP contribution is -2.60. The van der Waals surface area contributed by atoms with Crippen molar-refractivity contribution in [3.8, 4) is 0 Å². The molecule has 0 bridgehead atoms. The zero-order valence-electron chi connectivity index (χ0n) is 51.0. The van der Waals surface area contributed by atoms with Gasteiger partial charge >= 0.3 is 11.9 Å². The average Bonchev–Trinajstić information content (AvgIpc) is 3.60. The molecule has 33 heteroatoms. The van der Waals surface area contributed by atoms with Crippen LogP contribution >= 0.6 is 0 Å². The smallest absolute Gasteiger partial charge is 0.326 e. The van der Waals surface area contributed by atoms with Crippen LogP contribution in [0.2, 0.25) is 0 Å². The fourth-order valence-corrected chi connectivity index (χ4v) is 8.62. The van der Waals surface area contributed by atoms with Crippen molar-refractivity contribution in [2.24, 2.45) is 46.2 Å². The van der Waals surface area contributed by atoms with Gasteiger partial charge < -0.3 is 97.8 Å². The number of carbonyl (C=O) groups excluding carboxylic acids is 13. The molecule has 0 saturated heterocycles. The van der Waals surface area contributed by atoms with Gasteiger partial charge in [-0.05, 0) is 102 Å². The van der Waals surface area contributed by atoms with Crippen LogP contribution in [-0.2, 0) is 78.3 Å². The summed E-state index contributed by atoms with van der Waals surface area (Å²) in [7, 11) is 0. The Hall–Kier alpha value is -8.85. The molecule has 89 heavy (non-hydrogen) atoms. The van der Waals surface area contributed by atoms with Crippen LogP contribution < -0.4 is 87.6 Å². The zero-order valence-corrected chi connectivity index (χ0v) is 51.0. The van der Waals surface area contributed by atoms with Crippen molar-refractivity contribution in [1.82, 2.24) is 53.2 Å². The second kappa shape index (κ2) is 41.3. The number of nitrogens with one attached hydrogen (secondary N) is 10. The SMILES string of the molecule is CC(C)C[C@H](NC(=O)[C@H](CC(C)C)NC(=O)[C@H](Cc1ccccc1)NC(=O)[C@H](CCC(=O)O)NC(=O)[C@H](CCCCN)NC(=O)[C@@H](N)CCC(N)=O)C(=O)N[C@@H](C)C(=O)NCC(=O)N[C@@H](CC(N)=O)C(=O)N[C@@H](CC(N)=O)C(=O)N[C@@H](CCCCN)C(=O)O. The molecule has 0 aliphatic rings. The Morgan fingerprint density at radius 1 is 0.427 bits per heavy atom. The van der Waals surface area contributed by atoms with Gasteiger partial charge in [-0.25, -0.2) is 4.79 Å². The number of amides is 13. The second-order valence-corrected chi connectivity index (χ2v) is 22.2. The van der Waals surface area contributed by atoms with Crippen molar-refractivity contribution in [3.63, 3.8) is 0 Å². The summed E-state index contributed by atoms with van der Waals surface area (Å²) in [6.07, 6.45) is -1.90. The topological polar surface area (TPSA) is 573 Å². The van der Waals surface area contributed by atoms with Gasteiger partial charge in [-0.2, -0.15) is 0 Å². The monoisotopic (exact) mass is 1260 g/mol. The minimum Gasteiger partial charge on any atom is -0.481 e. The summed E-state index contributed by atoms with van der Waals surface area (Å²) < 4.78 is 0. The molecule has 0 unspecified atom stereocenters. The highest BCUT2D eigenvalue weighted by molar-refractivity contribution is 6.00. The maximum absolute atomic E-state index is 14.5. The fourth-order valence-electron chi connectivity index (χ4n) is 8.62. The summed E-state index contributed by atoms with van der Waals surface area (Å²) in [5, 5.41) is 43.4. The van der Waals surface area contributed by atoms with E-state index in [1.807, 2.05) is 0 Å². The Morgan fingerprint density at radius 2 is 0.831 bits per heavy atom. The highest BCUT2D eigenvalue weighted by Gasteiger charge is 2.36. The molecule has 0 saturated carbocycles. The molecule has 33 nitrogen and oxygen atoms in total. The van der Waals surface area contributed by atoms with E-state index in [0.29, 0.717) is 31.2 Å². The molecule has 0 spiro atoms. The Labute approximate surface area is 515 Å². The van der Waals surface area contributed by atoms with Crippen LogP contribution in [0.5, 0.6) is 0 Å². The molecular formula is C56H92N16O17. The largest absolute Gasteiger partial charge is 0.481 e. The van der Waals surface area contributed by atoms with Crippen LogP contribution in [0.15, 0.2) is 30.3 Å². The van der Waals surface area contributed by atoms with E-state index in [1.165, 1.54) is 6.92 Å². The molecule has 498 valence electrons. The van der Waals surface area contributed by atoms with E-state index < -0.39 is 181 Å². The maximum atomic E-state index is 14.5. The molecule has 13 amide bonds. The second-order valence-electron chi connectivity index (χ2n) is 22.2. The van der Waals surface area contributed by atoms with Crippen molar-refractivity contribution in [1.29, 1.82) is 0 Å². The number of rotatable bonds is 45. The van der Waals surface area contributed by atoms with Gasteiger partial charge in [0, 0.05) is 19.3 Å². The lowest BCUT2D eigenvalue weighted by Gasteiger charge is -2.28. The highest BCUT2D eigenvalue weighted by atomic mass is 16.4. The standard InChI is InChI=1S/C56H92N16O17/c1-29(2)23-37(51(83)64-31(5)47(79)63-28-45(76)65-40(26-43(61)74)54(86)72-41(27-44(62)75)55(87)68-36(56(88)89)16-10-12-22-58)69-52(84)38(24-30(3)4)70-53(85)39(25-32-13-7-6-8-14-32)71-50(82)35(18-20-46(77)78)67-49(81)34(15-9-11-21-57)66-48(80)33(59)17-19-42(60)73/h6-8,13-14,29-31,33-41H,9-12,15-28,57-59H2,1-5H3,(H2,60,73)(H2,61,74)(H2,62,75)(H,63,79)(H,64,83)(H,65,76)(H,66,80)(H,67,81)(H,68,87)(H,69,84)(H,70,85)(H,71,82)(H,72,86)(H,77,78)(H,88,89)/t31-,33-,34-,35-,36-,37-,38-,39-,40-,41-/m0/s1. The Kier molecular flexibility index (Phi) is 36.3. The van der Waals surface area contributed by atoms with Gasteiger partial charge in [0.15, 0.2) is 0 Å². The average molecular weight is 1260 g/mol. The van der Waals surface area contributed by atoms with Crippen LogP contribution in [0.4, 0.5) is 0 Å². The third-order valence-electron chi connectivity index (χ3n) is 13.3. The summed E-state index contributed by atoms with van der Waals surface area (Å²) in [5.74, 6) is -15.9. The van der Waals surface area contributed by atoms with Crippen molar-refractivity contribution in [2.45, 2.75) is 191 Å². The van der Waals surface area contributed by atoms with Crippen LogP contribution in [0.25, 0.3) is 0 Å². The molecule has 1 aromatic carbocycles. The van der Waals surface area contributed by atoms with Gasteiger partial charge in [0.2, 0.25) is 76.8 Å². The van der Waals surface area contributed by atoms with E-state index in [9.17, 15) is 82.1 Å². The van der Waals surface area contributed by atoms with E-state index in [4.69, 9.17) is 34.4 Å². The number of carboxylic acid groups (broad SMARTS) is 2. The maximum Gasteiger partial charge on any atom is 0.326 e. The van der Waals surface area contributed by atoms with Crippen LogP contribution in [0.3, 0.4) is 0 Å². The first-order chi connectivity index (χ1) is 41.8. The number of benzene rings is 1. The molecule has 0 aromatic heterocycles. The minimum absolute atomic E-state index is 0.00728. The Bertz CT molecular complexity index is 2590. The molecule has 0 radical (unpaired) electrons. The van der Waals surface area contributed by atoms with Crippen LogP contribution in [0, 0.1) is 11.8 Å². The fraction of sp³-hybridized carbons (Fsp3) is 0.625. The van der Waals surface area contributed by atoms with Crippen LogP contribution in [0.1, 0.15) is 130 Å². The normalized spacial score (nSPS) is 14.4. The van der Waals surface area contributed by atoms with E-state index in [-0.39, 0.29) is 69.9 Å². The summed E-state index contributed by atoms with van der Waals surface area (Å²) in [6.45, 7) is 7.82.